The minimum absolute atomic E-state index is 0. The summed E-state index contributed by atoms with van der Waals surface area (Å²) in [6.07, 6.45) is 3.94. The Kier molecular flexibility index (Phi) is 12.4. The van der Waals surface area contributed by atoms with Crippen LogP contribution in [0.3, 0.4) is 0 Å². The average molecular weight is 409 g/mol. The molecule has 0 saturated heterocycles. The number of halogens is 1. The second-order valence-corrected chi connectivity index (χ2v) is 4.47. The van der Waals surface area contributed by atoms with Crippen LogP contribution in [-0.4, -0.2) is 42.0 Å². The van der Waals surface area contributed by atoms with Gasteiger partial charge in [-0.3, -0.25) is 4.68 Å². The molecule has 0 saturated carbocycles. The van der Waals surface area contributed by atoms with E-state index in [1.165, 1.54) is 0 Å². The highest BCUT2D eigenvalue weighted by atomic mass is 127. The quantitative estimate of drug-likeness (QED) is 0.283. The molecule has 1 heterocycles. The van der Waals surface area contributed by atoms with Gasteiger partial charge in [-0.2, -0.15) is 5.10 Å². The minimum atomic E-state index is 0. The van der Waals surface area contributed by atoms with Gasteiger partial charge in [-0.15, -0.1) is 24.0 Å². The Morgan fingerprint density at radius 1 is 1.33 bits per heavy atom. The second-order valence-electron chi connectivity index (χ2n) is 4.47. The smallest absolute Gasteiger partial charge is 0.191 e. The lowest BCUT2D eigenvalue weighted by Gasteiger charge is -2.11. The monoisotopic (exact) mass is 409 g/mol. The largest absolute Gasteiger partial charge is 0.382 e. The number of guanidine groups is 1. The Balaban J connectivity index is 0.00000400. The summed E-state index contributed by atoms with van der Waals surface area (Å²) >= 11 is 0. The van der Waals surface area contributed by atoms with Crippen LogP contribution in [0.5, 0.6) is 0 Å². The zero-order valence-corrected chi connectivity index (χ0v) is 15.6. The highest BCUT2D eigenvalue weighted by Gasteiger charge is 2.00. The van der Waals surface area contributed by atoms with E-state index >= 15 is 0 Å². The van der Waals surface area contributed by atoms with Gasteiger partial charge in [-0.25, -0.2) is 4.99 Å². The van der Waals surface area contributed by atoms with Gasteiger partial charge in [0.25, 0.3) is 0 Å². The van der Waals surface area contributed by atoms with Crippen LogP contribution < -0.4 is 10.6 Å². The number of aryl methyl sites for hydroxylation is 1. The van der Waals surface area contributed by atoms with E-state index in [1.807, 2.05) is 24.7 Å². The van der Waals surface area contributed by atoms with Gasteiger partial charge in [0.1, 0.15) is 0 Å². The normalized spacial score (nSPS) is 11.1. The van der Waals surface area contributed by atoms with E-state index in [1.54, 1.807) is 6.20 Å². The summed E-state index contributed by atoms with van der Waals surface area (Å²) < 4.78 is 7.16. The van der Waals surface area contributed by atoms with E-state index in [4.69, 9.17) is 4.74 Å². The summed E-state index contributed by atoms with van der Waals surface area (Å²) in [4.78, 5) is 4.55. The summed E-state index contributed by atoms with van der Waals surface area (Å²) in [5, 5.41) is 10.7. The van der Waals surface area contributed by atoms with Crippen LogP contribution in [-0.2, 0) is 18.3 Å². The lowest BCUT2D eigenvalue weighted by molar-refractivity contribution is 0.143. The van der Waals surface area contributed by atoms with Crippen molar-refractivity contribution in [2.45, 2.75) is 33.2 Å². The number of aromatic nitrogens is 2. The van der Waals surface area contributed by atoms with Gasteiger partial charge in [0.15, 0.2) is 5.96 Å². The van der Waals surface area contributed by atoms with Gasteiger partial charge < -0.3 is 15.4 Å². The van der Waals surface area contributed by atoms with Crippen molar-refractivity contribution in [1.29, 1.82) is 0 Å². The van der Waals surface area contributed by atoms with Crippen molar-refractivity contribution in [3.8, 4) is 0 Å². The molecule has 7 heteroatoms. The van der Waals surface area contributed by atoms with E-state index in [0.29, 0.717) is 6.54 Å². The fourth-order valence-electron chi connectivity index (χ4n) is 1.74. The van der Waals surface area contributed by atoms with Crippen LogP contribution in [0.4, 0.5) is 0 Å². The first-order valence-corrected chi connectivity index (χ1v) is 7.34. The maximum atomic E-state index is 5.31. The number of ether oxygens (including phenoxy) is 1. The third kappa shape index (κ3) is 8.92. The van der Waals surface area contributed by atoms with Crippen LogP contribution >= 0.6 is 24.0 Å². The fourth-order valence-corrected chi connectivity index (χ4v) is 1.74. The highest BCUT2D eigenvalue weighted by molar-refractivity contribution is 14.0. The Morgan fingerprint density at radius 2 is 2.14 bits per heavy atom. The van der Waals surface area contributed by atoms with E-state index in [0.717, 1.165) is 50.8 Å². The van der Waals surface area contributed by atoms with Crippen molar-refractivity contribution in [1.82, 2.24) is 20.4 Å². The van der Waals surface area contributed by atoms with Crippen LogP contribution in [0.15, 0.2) is 17.3 Å². The Bertz CT molecular complexity index is 394. The Labute approximate surface area is 144 Å². The molecule has 0 unspecified atom stereocenters. The molecule has 0 spiro atoms. The second kappa shape index (κ2) is 12.9. The van der Waals surface area contributed by atoms with Crippen LogP contribution in [0.25, 0.3) is 0 Å². The summed E-state index contributed by atoms with van der Waals surface area (Å²) in [7, 11) is 1.93. The van der Waals surface area contributed by atoms with Crippen molar-refractivity contribution in [2.75, 3.05) is 26.3 Å². The molecule has 0 atom stereocenters. The van der Waals surface area contributed by atoms with E-state index in [9.17, 15) is 0 Å². The van der Waals surface area contributed by atoms with Gasteiger partial charge in [0.05, 0.1) is 12.2 Å². The van der Waals surface area contributed by atoms with Crippen molar-refractivity contribution in [3.63, 3.8) is 0 Å². The molecule has 122 valence electrons. The molecule has 2 N–H and O–H groups in total. The molecule has 0 aliphatic rings. The highest BCUT2D eigenvalue weighted by Crippen LogP contribution is 1.98. The van der Waals surface area contributed by atoms with Crippen LogP contribution in [0.2, 0.25) is 0 Å². The van der Waals surface area contributed by atoms with Gasteiger partial charge in [0, 0.05) is 39.5 Å². The molecule has 0 aromatic carbocycles. The number of hydrogen-bond acceptors (Lipinski definition) is 3. The SMILES string of the molecule is CCNC(=NCc1ccnn1C)NCCCCOCC.I. The molecule has 21 heavy (non-hydrogen) atoms. The zero-order chi connectivity index (χ0) is 14.6. The molecule has 0 fully saturated rings. The first-order chi connectivity index (χ1) is 9.77. The average Bonchev–Trinajstić information content (AvgIpc) is 2.85. The van der Waals surface area contributed by atoms with E-state index in [-0.39, 0.29) is 24.0 Å². The number of hydrogen-bond donors (Lipinski definition) is 2. The zero-order valence-electron chi connectivity index (χ0n) is 13.3. The van der Waals surface area contributed by atoms with Crippen LogP contribution in [0, 0.1) is 0 Å². The summed E-state index contributed by atoms with van der Waals surface area (Å²) in [5.74, 6) is 0.852. The van der Waals surface area contributed by atoms with Crippen molar-refractivity contribution in [3.05, 3.63) is 18.0 Å². The summed E-state index contributed by atoms with van der Waals surface area (Å²) in [6.45, 7) is 8.11. The minimum Gasteiger partial charge on any atom is -0.382 e. The predicted octanol–water partition coefficient (Wildman–Crippen LogP) is 1.91. The molecule has 1 rings (SSSR count). The Hall–Kier alpha value is -0.830. The van der Waals surface area contributed by atoms with Gasteiger partial charge >= 0.3 is 0 Å². The standard InChI is InChI=1S/C14H27N5O.HI/c1-4-15-14(16-9-6-7-11-20-5-2)17-12-13-8-10-18-19(13)3;/h8,10H,4-7,9,11-12H2,1-3H3,(H2,15,16,17);1H. The lowest BCUT2D eigenvalue weighted by Crippen LogP contribution is -2.37. The van der Waals surface area contributed by atoms with Crippen molar-refractivity contribution in [2.24, 2.45) is 12.0 Å². The number of nitrogens with zero attached hydrogens (tertiary/aromatic N) is 3. The first-order valence-electron chi connectivity index (χ1n) is 7.34. The predicted molar refractivity (Wildman–Crippen MR) is 97.2 cm³/mol. The number of rotatable bonds is 9. The van der Waals surface area contributed by atoms with E-state index in [2.05, 4.69) is 27.6 Å². The Morgan fingerprint density at radius 3 is 2.76 bits per heavy atom. The molecule has 1 aromatic heterocycles. The third-order valence-corrected chi connectivity index (χ3v) is 2.88. The van der Waals surface area contributed by atoms with Gasteiger partial charge in [-0.1, -0.05) is 0 Å². The molecule has 6 nitrogen and oxygen atoms in total. The van der Waals surface area contributed by atoms with E-state index < -0.39 is 0 Å². The van der Waals surface area contributed by atoms with Crippen molar-refractivity contribution < 1.29 is 4.74 Å². The topological polar surface area (TPSA) is 63.5 Å². The first kappa shape index (κ1) is 20.2. The van der Waals surface area contributed by atoms with Gasteiger partial charge in [-0.05, 0) is 32.8 Å². The summed E-state index contributed by atoms with van der Waals surface area (Å²) in [5.41, 5.74) is 1.10. The number of nitrogens with one attached hydrogen (secondary N) is 2. The molecule has 0 amide bonds. The van der Waals surface area contributed by atoms with Crippen molar-refractivity contribution >= 4 is 29.9 Å². The number of unbranched alkanes of at least 4 members (excludes halogenated alkanes) is 1. The summed E-state index contributed by atoms with van der Waals surface area (Å²) in [6, 6.07) is 1.98. The molecule has 0 aliphatic carbocycles. The maximum absolute atomic E-state index is 5.31. The molecular formula is C14H28IN5O. The maximum Gasteiger partial charge on any atom is 0.191 e. The number of aliphatic imine (C=N–C) groups is 1. The van der Waals surface area contributed by atoms with Gasteiger partial charge in [0.2, 0.25) is 0 Å². The third-order valence-electron chi connectivity index (χ3n) is 2.88. The molecule has 0 radical (unpaired) electrons. The molecule has 0 bridgehead atoms. The lowest BCUT2D eigenvalue weighted by atomic mass is 10.3. The molecule has 0 aliphatic heterocycles. The van der Waals surface area contributed by atoms with Crippen LogP contribution in [0.1, 0.15) is 32.4 Å². The molecular weight excluding hydrogens is 381 g/mol. The molecule has 1 aromatic rings. The fraction of sp³-hybridized carbons (Fsp3) is 0.714.